The monoisotopic (exact) mass is 274 g/mol. The zero-order valence-electron chi connectivity index (χ0n) is 13.3. The highest BCUT2D eigenvalue weighted by atomic mass is 16.5. The third kappa shape index (κ3) is 11.3. The van der Waals surface area contributed by atoms with E-state index < -0.39 is 0 Å². The fraction of sp³-hybridized carbons (Fsp3) is 1.00. The van der Waals surface area contributed by atoms with Crippen LogP contribution in [-0.4, -0.2) is 76.4 Å². The summed E-state index contributed by atoms with van der Waals surface area (Å²) in [5, 5.41) is 0. The van der Waals surface area contributed by atoms with E-state index in [2.05, 4.69) is 38.0 Å². The molecule has 5 heteroatoms. The van der Waals surface area contributed by atoms with Gasteiger partial charge < -0.3 is 26.0 Å². The fourth-order valence-corrected chi connectivity index (χ4v) is 2.01. The number of ether oxygens (including phenoxy) is 1. The first-order valence-electron chi connectivity index (χ1n) is 7.34. The maximum absolute atomic E-state index is 6.22. The SMILES string of the molecule is CN(C)CCC(CCN)OC(CCN)CCN(C)C. The predicted octanol–water partition coefficient (Wildman–Crippen LogP) is 0.341. The third-order valence-electron chi connectivity index (χ3n) is 3.16. The molecule has 0 aliphatic rings. The van der Waals surface area contributed by atoms with Gasteiger partial charge in [0.05, 0.1) is 12.2 Å². The summed E-state index contributed by atoms with van der Waals surface area (Å²) in [6.07, 6.45) is 4.44. The van der Waals surface area contributed by atoms with E-state index in [0.29, 0.717) is 13.1 Å². The number of hydrogen-bond donors (Lipinski definition) is 2. The topological polar surface area (TPSA) is 67.7 Å². The fourth-order valence-electron chi connectivity index (χ4n) is 2.01. The molecule has 116 valence electrons. The van der Waals surface area contributed by atoms with E-state index >= 15 is 0 Å². The first-order valence-corrected chi connectivity index (χ1v) is 7.34. The Morgan fingerprint density at radius 1 is 0.737 bits per heavy atom. The molecule has 0 aliphatic heterocycles. The van der Waals surface area contributed by atoms with Crippen LogP contribution in [0.25, 0.3) is 0 Å². The Bertz CT molecular complexity index is 180. The predicted molar refractivity (Wildman–Crippen MR) is 82.3 cm³/mol. The minimum absolute atomic E-state index is 0.256. The normalized spacial score (nSPS) is 15.2. The van der Waals surface area contributed by atoms with Crippen LogP contribution in [0.4, 0.5) is 0 Å². The van der Waals surface area contributed by atoms with Gasteiger partial charge in [0.2, 0.25) is 0 Å². The van der Waals surface area contributed by atoms with Gasteiger partial charge in [0.15, 0.2) is 0 Å². The first-order chi connectivity index (χ1) is 8.99. The molecule has 2 unspecified atom stereocenters. The van der Waals surface area contributed by atoms with Crippen molar-refractivity contribution in [3.63, 3.8) is 0 Å². The lowest BCUT2D eigenvalue weighted by Crippen LogP contribution is -2.31. The van der Waals surface area contributed by atoms with Gasteiger partial charge >= 0.3 is 0 Å². The number of nitrogens with two attached hydrogens (primary N) is 2. The first kappa shape index (κ1) is 18.8. The molecule has 0 saturated heterocycles. The summed E-state index contributed by atoms with van der Waals surface area (Å²) < 4.78 is 6.22. The lowest BCUT2D eigenvalue weighted by Gasteiger charge is -2.26. The van der Waals surface area contributed by atoms with Gasteiger partial charge in [0, 0.05) is 0 Å². The van der Waals surface area contributed by atoms with Gasteiger partial charge in [-0.25, -0.2) is 0 Å². The molecular weight excluding hydrogens is 240 g/mol. The summed E-state index contributed by atoms with van der Waals surface area (Å²) >= 11 is 0. The van der Waals surface area contributed by atoms with Crippen LogP contribution in [0, 0.1) is 0 Å². The minimum Gasteiger partial charge on any atom is -0.375 e. The van der Waals surface area contributed by atoms with Gasteiger partial charge in [0.1, 0.15) is 0 Å². The second-order valence-electron chi connectivity index (χ2n) is 5.72. The molecule has 0 heterocycles. The molecule has 0 radical (unpaired) electrons. The molecule has 0 aromatic rings. The van der Waals surface area contributed by atoms with E-state index in [1.165, 1.54) is 0 Å². The Morgan fingerprint density at radius 2 is 1.11 bits per heavy atom. The molecule has 0 aromatic heterocycles. The highest BCUT2D eigenvalue weighted by Gasteiger charge is 2.16. The van der Waals surface area contributed by atoms with Crippen LogP contribution in [0.1, 0.15) is 25.7 Å². The molecule has 0 bridgehead atoms. The Balaban J connectivity index is 4.20. The standard InChI is InChI=1S/C14H34N4O/c1-17(2)11-7-13(5-9-15)19-14(6-10-16)8-12-18(3)4/h13-14H,5-12,15-16H2,1-4H3. The number of nitrogens with zero attached hydrogens (tertiary/aromatic N) is 2. The van der Waals surface area contributed by atoms with E-state index in [0.717, 1.165) is 38.8 Å². The lowest BCUT2D eigenvalue weighted by molar-refractivity contribution is -0.0304. The van der Waals surface area contributed by atoms with Gasteiger partial charge in [-0.3, -0.25) is 0 Å². The van der Waals surface area contributed by atoms with Crippen molar-refractivity contribution >= 4 is 0 Å². The minimum atomic E-state index is 0.256. The van der Waals surface area contributed by atoms with Crippen molar-refractivity contribution in [2.24, 2.45) is 11.5 Å². The van der Waals surface area contributed by atoms with Gasteiger partial charge in [-0.05, 0) is 80.1 Å². The Morgan fingerprint density at radius 3 is 1.37 bits per heavy atom. The van der Waals surface area contributed by atoms with Crippen LogP contribution in [0.3, 0.4) is 0 Å². The van der Waals surface area contributed by atoms with E-state index in [4.69, 9.17) is 16.2 Å². The maximum Gasteiger partial charge on any atom is 0.0603 e. The zero-order valence-corrected chi connectivity index (χ0v) is 13.3. The van der Waals surface area contributed by atoms with Crippen molar-refractivity contribution in [3.05, 3.63) is 0 Å². The zero-order chi connectivity index (χ0) is 14.7. The van der Waals surface area contributed by atoms with E-state index in [1.807, 2.05) is 0 Å². The second kappa shape index (κ2) is 11.6. The smallest absolute Gasteiger partial charge is 0.0603 e. The van der Waals surface area contributed by atoms with Crippen molar-refractivity contribution in [2.45, 2.75) is 37.9 Å². The molecule has 0 amide bonds. The Hall–Kier alpha value is -0.200. The molecule has 0 spiro atoms. The summed E-state index contributed by atoms with van der Waals surface area (Å²) in [6, 6.07) is 0. The number of rotatable bonds is 12. The number of hydrogen-bond acceptors (Lipinski definition) is 5. The average molecular weight is 274 g/mol. The highest BCUT2D eigenvalue weighted by molar-refractivity contribution is 4.68. The van der Waals surface area contributed by atoms with Crippen LogP contribution in [0.5, 0.6) is 0 Å². The average Bonchev–Trinajstić information content (AvgIpc) is 2.33. The largest absolute Gasteiger partial charge is 0.375 e. The molecule has 0 rings (SSSR count). The van der Waals surface area contributed by atoms with Crippen LogP contribution >= 0.6 is 0 Å². The lowest BCUT2D eigenvalue weighted by atomic mass is 10.1. The van der Waals surface area contributed by atoms with Crippen molar-refractivity contribution in [1.29, 1.82) is 0 Å². The summed E-state index contributed by atoms with van der Waals surface area (Å²) in [6.45, 7) is 3.43. The molecule has 0 saturated carbocycles. The molecule has 4 N–H and O–H groups in total. The Labute approximate surface area is 119 Å². The van der Waals surface area contributed by atoms with Crippen molar-refractivity contribution in [1.82, 2.24) is 9.80 Å². The van der Waals surface area contributed by atoms with Gasteiger partial charge in [-0.1, -0.05) is 0 Å². The summed E-state index contributed by atoms with van der Waals surface area (Å²) in [5.41, 5.74) is 11.4. The van der Waals surface area contributed by atoms with Crippen molar-refractivity contribution in [2.75, 3.05) is 54.4 Å². The highest BCUT2D eigenvalue weighted by Crippen LogP contribution is 2.13. The van der Waals surface area contributed by atoms with Crippen LogP contribution in [0.15, 0.2) is 0 Å². The quantitative estimate of drug-likeness (QED) is 0.537. The van der Waals surface area contributed by atoms with Gasteiger partial charge in [0.25, 0.3) is 0 Å². The molecular formula is C14H34N4O. The second-order valence-corrected chi connectivity index (χ2v) is 5.72. The summed E-state index contributed by atoms with van der Waals surface area (Å²) in [7, 11) is 8.34. The molecule has 5 nitrogen and oxygen atoms in total. The third-order valence-corrected chi connectivity index (χ3v) is 3.16. The Kier molecular flexibility index (Phi) is 11.5. The van der Waals surface area contributed by atoms with Crippen molar-refractivity contribution < 1.29 is 4.74 Å². The summed E-state index contributed by atoms with van der Waals surface area (Å²) in [5.74, 6) is 0. The van der Waals surface area contributed by atoms with Crippen LogP contribution < -0.4 is 11.5 Å². The molecule has 19 heavy (non-hydrogen) atoms. The molecule has 2 atom stereocenters. The molecule has 0 fully saturated rings. The van der Waals surface area contributed by atoms with Crippen LogP contribution in [-0.2, 0) is 4.74 Å². The van der Waals surface area contributed by atoms with Crippen molar-refractivity contribution in [3.8, 4) is 0 Å². The maximum atomic E-state index is 6.22. The van der Waals surface area contributed by atoms with Gasteiger partial charge in [-0.15, -0.1) is 0 Å². The van der Waals surface area contributed by atoms with Crippen LogP contribution in [0.2, 0.25) is 0 Å². The molecule has 0 aromatic carbocycles. The van der Waals surface area contributed by atoms with E-state index in [1.54, 1.807) is 0 Å². The molecule has 0 aliphatic carbocycles. The summed E-state index contributed by atoms with van der Waals surface area (Å²) in [4.78, 5) is 4.37. The van der Waals surface area contributed by atoms with Gasteiger partial charge in [-0.2, -0.15) is 0 Å². The van der Waals surface area contributed by atoms with E-state index in [-0.39, 0.29) is 12.2 Å². The van der Waals surface area contributed by atoms with E-state index in [9.17, 15) is 0 Å².